The third-order valence-corrected chi connectivity index (χ3v) is 6.90. The highest BCUT2D eigenvalue weighted by Crippen LogP contribution is 2.34. The summed E-state index contributed by atoms with van der Waals surface area (Å²) in [4.78, 5) is 64.7. The van der Waals surface area contributed by atoms with Gasteiger partial charge in [0.1, 0.15) is 5.54 Å². The molecule has 2 aliphatic heterocycles. The number of nitrogens with one attached hydrogen (secondary N) is 2. The minimum Gasteiger partial charge on any atom is -0.320 e. The molecule has 0 spiro atoms. The van der Waals surface area contributed by atoms with Crippen molar-refractivity contribution in [2.24, 2.45) is 0 Å². The van der Waals surface area contributed by atoms with Gasteiger partial charge < -0.3 is 4.90 Å². The van der Waals surface area contributed by atoms with Crippen LogP contribution in [0.4, 0.5) is 0 Å². The van der Waals surface area contributed by atoms with Crippen LogP contribution in [0, 0.1) is 0 Å². The Kier molecular flexibility index (Phi) is 6.07. The second-order valence-corrected chi connectivity index (χ2v) is 9.49. The van der Waals surface area contributed by atoms with E-state index in [1.807, 2.05) is 19.1 Å². The highest BCUT2D eigenvalue weighted by Gasteiger charge is 2.48. The molecule has 33 heavy (non-hydrogen) atoms. The SMILES string of the molecule is CCSc1ccc(C(=O)NC(=O)c2ccc3c(c2)C(=O)N(C2(C)CCC(=O)NC2=O)C3)cc1. The number of carbonyl (C=O) groups is 5. The van der Waals surface area contributed by atoms with Gasteiger partial charge in [-0.05, 0) is 61.1 Å². The van der Waals surface area contributed by atoms with Crippen molar-refractivity contribution in [3.05, 3.63) is 64.7 Å². The molecule has 9 heteroatoms. The number of benzene rings is 2. The van der Waals surface area contributed by atoms with Crippen molar-refractivity contribution < 1.29 is 24.0 Å². The first kappa shape index (κ1) is 22.7. The van der Waals surface area contributed by atoms with Crippen molar-refractivity contribution in [2.75, 3.05) is 5.75 Å². The molecule has 8 nitrogen and oxygen atoms in total. The maximum atomic E-state index is 13.1. The number of rotatable bonds is 5. The fourth-order valence-electron chi connectivity index (χ4n) is 4.01. The van der Waals surface area contributed by atoms with Crippen molar-refractivity contribution >= 4 is 41.3 Å². The summed E-state index contributed by atoms with van der Waals surface area (Å²) < 4.78 is 0. The predicted molar refractivity (Wildman–Crippen MR) is 122 cm³/mol. The van der Waals surface area contributed by atoms with Crippen LogP contribution >= 0.6 is 11.8 Å². The molecule has 0 saturated carbocycles. The zero-order chi connectivity index (χ0) is 23.8. The number of fused-ring (bicyclic) bond motifs is 1. The first-order valence-corrected chi connectivity index (χ1v) is 11.6. The summed E-state index contributed by atoms with van der Waals surface area (Å²) in [6, 6.07) is 11.6. The molecule has 1 atom stereocenters. The van der Waals surface area contributed by atoms with E-state index in [4.69, 9.17) is 0 Å². The molecule has 170 valence electrons. The molecule has 0 radical (unpaired) electrons. The van der Waals surface area contributed by atoms with Crippen LogP contribution in [-0.2, 0) is 16.1 Å². The Morgan fingerprint density at radius 2 is 1.73 bits per heavy atom. The first-order chi connectivity index (χ1) is 15.7. The summed E-state index contributed by atoms with van der Waals surface area (Å²) >= 11 is 1.65. The zero-order valence-corrected chi connectivity index (χ0v) is 19.1. The minimum absolute atomic E-state index is 0.149. The van der Waals surface area contributed by atoms with Crippen LogP contribution in [0.25, 0.3) is 0 Å². The summed E-state index contributed by atoms with van der Waals surface area (Å²) in [7, 11) is 0. The number of amides is 5. The Balaban J connectivity index is 1.49. The molecule has 2 N–H and O–H groups in total. The van der Waals surface area contributed by atoms with Gasteiger partial charge in [0.15, 0.2) is 0 Å². The van der Waals surface area contributed by atoms with E-state index in [9.17, 15) is 24.0 Å². The molecule has 0 bridgehead atoms. The quantitative estimate of drug-likeness (QED) is 0.518. The summed E-state index contributed by atoms with van der Waals surface area (Å²) in [5.74, 6) is -1.48. The molecule has 2 aromatic rings. The molecule has 2 aromatic carbocycles. The standard InChI is InChI=1S/C24H23N3O5S/c1-3-33-17-8-6-14(7-9-17)20(29)26-21(30)15-4-5-16-13-27(22(31)18(16)12-15)24(2)11-10-19(28)25-23(24)32/h4-9,12H,3,10-11,13H2,1-2H3,(H,25,28,32)(H,26,29,30). The Bertz CT molecular complexity index is 1180. The van der Waals surface area contributed by atoms with Crippen molar-refractivity contribution in [2.45, 2.75) is 43.7 Å². The largest absolute Gasteiger partial charge is 0.320 e. The summed E-state index contributed by atoms with van der Waals surface area (Å²) in [6.07, 6.45) is 0.380. The minimum atomic E-state index is -1.15. The van der Waals surface area contributed by atoms with Crippen molar-refractivity contribution in [3.63, 3.8) is 0 Å². The Labute approximate surface area is 195 Å². The molecular formula is C24H23N3O5S. The van der Waals surface area contributed by atoms with Gasteiger partial charge in [-0.15, -0.1) is 11.8 Å². The molecule has 1 unspecified atom stereocenters. The maximum absolute atomic E-state index is 13.1. The van der Waals surface area contributed by atoms with E-state index in [1.165, 1.54) is 11.0 Å². The fourth-order valence-corrected chi connectivity index (χ4v) is 4.67. The lowest BCUT2D eigenvalue weighted by Crippen LogP contribution is -2.61. The van der Waals surface area contributed by atoms with E-state index >= 15 is 0 Å². The van der Waals surface area contributed by atoms with Gasteiger partial charge in [0.05, 0.1) is 0 Å². The predicted octanol–water partition coefficient (Wildman–Crippen LogP) is 2.52. The number of piperidine rings is 1. The molecule has 0 aromatic heterocycles. The van der Waals surface area contributed by atoms with Gasteiger partial charge in [-0.2, -0.15) is 0 Å². The lowest BCUT2D eigenvalue weighted by molar-refractivity contribution is -0.142. The number of thioether (sulfide) groups is 1. The molecular weight excluding hydrogens is 442 g/mol. The van der Waals surface area contributed by atoms with Gasteiger partial charge in [0, 0.05) is 34.6 Å². The van der Waals surface area contributed by atoms with Crippen LogP contribution in [0.2, 0.25) is 0 Å². The Hall–Kier alpha value is -3.46. The van der Waals surface area contributed by atoms with Crippen LogP contribution in [0.15, 0.2) is 47.4 Å². The van der Waals surface area contributed by atoms with E-state index in [-0.39, 0.29) is 36.8 Å². The van der Waals surface area contributed by atoms with Crippen molar-refractivity contribution in [1.29, 1.82) is 0 Å². The maximum Gasteiger partial charge on any atom is 0.258 e. The zero-order valence-electron chi connectivity index (χ0n) is 18.3. The van der Waals surface area contributed by atoms with E-state index in [0.29, 0.717) is 16.7 Å². The highest BCUT2D eigenvalue weighted by atomic mass is 32.2. The van der Waals surface area contributed by atoms with Gasteiger partial charge in [-0.25, -0.2) is 0 Å². The normalized spacial score (nSPS) is 19.8. The summed E-state index contributed by atoms with van der Waals surface area (Å²) in [6.45, 7) is 3.88. The van der Waals surface area contributed by atoms with Gasteiger partial charge >= 0.3 is 0 Å². The smallest absolute Gasteiger partial charge is 0.258 e. The Morgan fingerprint density at radius 3 is 2.39 bits per heavy atom. The molecule has 1 fully saturated rings. The van der Waals surface area contributed by atoms with Gasteiger partial charge in [0.25, 0.3) is 23.6 Å². The number of nitrogens with zero attached hydrogens (tertiary/aromatic N) is 1. The lowest BCUT2D eigenvalue weighted by atomic mass is 9.89. The highest BCUT2D eigenvalue weighted by molar-refractivity contribution is 7.99. The third-order valence-electron chi connectivity index (χ3n) is 6.01. The number of carbonyl (C=O) groups excluding carboxylic acids is 5. The summed E-state index contributed by atoms with van der Waals surface area (Å²) in [5.41, 5.74) is 0.367. The number of hydrogen-bond acceptors (Lipinski definition) is 6. The van der Waals surface area contributed by atoms with Crippen LogP contribution in [0.5, 0.6) is 0 Å². The van der Waals surface area contributed by atoms with Crippen LogP contribution < -0.4 is 10.6 Å². The van der Waals surface area contributed by atoms with E-state index in [1.54, 1.807) is 43.0 Å². The van der Waals surface area contributed by atoms with Crippen LogP contribution in [-0.4, -0.2) is 45.7 Å². The lowest BCUT2D eigenvalue weighted by Gasteiger charge is -2.39. The van der Waals surface area contributed by atoms with E-state index in [0.717, 1.165) is 10.6 Å². The van der Waals surface area contributed by atoms with E-state index in [2.05, 4.69) is 10.6 Å². The Morgan fingerprint density at radius 1 is 1.06 bits per heavy atom. The monoisotopic (exact) mass is 465 g/mol. The average Bonchev–Trinajstić information content (AvgIpc) is 3.13. The van der Waals surface area contributed by atoms with Gasteiger partial charge in [0.2, 0.25) is 5.91 Å². The topological polar surface area (TPSA) is 113 Å². The average molecular weight is 466 g/mol. The first-order valence-electron chi connectivity index (χ1n) is 10.6. The second-order valence-electron chi connectivity index (χ2n) is 8.16. The molecule has 0 aliphatic carbocycles. The van der Waals surface area contributed by atoms with Gasteiger partial charge in [-0.1, -0.05) is 13.0 Å². The molecule has 1 saturated heterocycles. The van der Waals surface area contributed by atoms with Crippen LogP contribution in [0.1, 0.15) is 63.3 Å². The number of imide groups is 2. The van der Waals surface area contributed by atoms with Gasteiger partial charge in [-0.3, -0.25) is 34.6 Å². The second kappa shape index (κ2) is 8.82. The fraction of sp³-hybridized carbons (Fsp3) is 0.292. The third kappa shape index (κ3) is 4.28. The van der Waals surface area contributed by atoms with E-state index < -0.39 is 23.3 Å². The summed E-state index contributed by atoms with van der Waals surface area (Å²) in [5, 5.41) is 4.65. The van der Waals surface area contributed by atoms with Crippen molar-refractivity contribution in [3.8, 4) is 0 Å². The molecule has 2 aliphatic rings. The number of hydrogen-bond donors (Lipinski definition) is 2. The van der Waals surface area contributed by atoms with Crippen molar-refractivity contribution in [1.82, 2.24) is 15.5 Å². The molecule has 4 rings (SSSR count). The van der Waals surface area contributed by atoms with Crippen LogP contribution in [0.3, 0.4) is 0 Å². The molecule has 2 heterocycles. The molecule has 5 amide bonds.